The lowest BCUT2D eigenvalue weighted by atomic mass is 10.1. The van der Waals surface area contributed by atoms with Gasteiger partial charge in [0, 0.05) is 10.9 Å². The first-order valence-electron chi connectivity index (χ1n) is 7.45. The van der Waals surface area contributed by atoms with Crippen LogP contribution >= 0.6 is 11.3 Å². The molecule has 2 rings (SSSR count). The van der Waals surface area contributed by atoms with E-state index in [1.807, 2.05) is 7.05 Å². The van der Waals surface area contributed by atoms with Crippen LogP contribution in [0.4, 0.5) is 0 Å². The SMILES string of the molecule is CCc1ccsc1C(NC)C(=O)NC1CCC=CCC1. The number of amides is 1. The Labute approximate surface area is 125 Å². The lowest BCUT2D eigenvalue weighted by Gasteiger charge is -2.21. The standard InChI is InChI=1S/C16H24N2OS/c1-3-12-10-11-20-15(12)14(17-2)16(19)18-13-8-6-4-5-7-9-13/h4-5,10-11,13-14,17H,3,6-9H2,1-2H3,(H,18,19). The second kappa shape index (κ2) is 7.60. The van der Waals surface area contributed by atoms with Gasteiger partial charge in [-0.1, -0.05) is 19.1 Å². The number of rotatable bonds is 5. The maximum Gasteiger partial charge on any atom is 0.242 e. The van der Waals surface area contributed by atoms with Gasteiger partial charge in [0.2, 0.25) is 5.91 Å². The molecule has 0 radical (unpaired) electrons. The minimum atomic E-state index is -0.221. The van der Waals surface area contributed by atoms with E-state index in [1.165, 1.54) is 5.56 Å². The van der Waals surface area contributed by atoms with Gasteiger partial charge in [-0.25, -0.2) is 0 Å². The first kappa shape index (κ1) is 15.3. The van der Waals surface area contributed by atoms with Crippen LogP contribution in [0.25, 0.3) is 0 Å². The van der Waals surface area contributed by atoms with Crippen LogP contribution in [-0.4, -0.2) is 19.0 Å². The van der Waals surface area contributed by atoms with Gasteiger partial charge in [-0.3, -0.25) is 4.79 Å². The highest BCUT2D eigenvalue weighted by atomic mass is 32.1. The Hall–Kier alpha value is -1.13. The van der Waals surface area contributed by atoms with Crippen molar-refractivity contribution in [2.24, 2.45) is 0 Å². The van der Waals surface area contributed by atoms with Crippen molar-refractivity contribution in [1.82, 2.24) is 10.6 Å². The first-order valence-corrected chi connectivity index (χ1v) is 8.33. The number of nitrogens with one attached hydrogen (secondary N) is 2. The second-order valence-electron chi connectivity index (χ2n) is 5.22. The summed E-state index contributed by atoms with van der Waals surface area (Å²) in [4.78, 5) is 13.7. The van der Waals surface area contributed by atoms with Crippen LogP contribution < -0.4 is 10.6 Å². The number of carbonyl (C=O) groups excluding carboxylic acids is 1. The Morgan fingerprint density at radius 3 is 2.70 bits per heavy atom. The van der Waals surface area contributed by atoms with Crippen molar-refractivity contribution in [3.63, 3.8) is 0 Å². The van der Waals surface area contributed by atoms with Crippen molar-refractivity contribution in [3.05, 3.63) is 34.0 Å². The van der Waals surface area contributed by atoms with Gasteiger partial charge < -0.3 is 10.6 Å². The fourth-order valence-corrected chi connectivity index (χ4v) is 3.78. The molecule has 20 heavy (non-hydrogen) atoms. The van der Waals surface area contributed by atoms with E-state index >= 15 is 0 Å². The second-order valence-corrected chi connectivity index (χ2v) is 6.16. The number of aryl methyl sites for hydroxylation is 1. The Morgan fingerprint density at radius 1 is 1.40 bits per heavy atom. The summed E-state index contributed by atoms with van der Waals surface area (Å²) in [6.45, 7) is 2.13. The van der Waals surface area contributed by atoms with Crippen molar-refractivity contribution in [3.8, 4) is 0 Å². The normalized spacial score (nSPS) is 17.7. The van der Waals surface area contributed by atoms with E-state index in [0.717, 1.165) is 37.0 Å². The summed E-state index contributed by atoms with van der Waals surface area (Å²) in [5.74, 6) is 0.108. The Kier molecular flexibility index (Phi) is 5.80. The number of likely N-dealkylation sites (N-methyl/N-ethyl adjacent to an activating group) is 1. The topological polar surface area (TPSA) is 41.1 Å². The summed E-state index contributed by atoms with van der Waals surface area (Å²) in [6, 6.07) is 2.20. The van der Waals surface area contributed by atoms with Gasteiger partial charge in [-0.2, -0.15) is 0 Å². The molecule has 0 saturated heterocycles. The van der Waals surface area contributed by atoms with Crippen LogP contribution in [0.5, 0.6) is 0 Å². The van der Waals surface area contributed by atoms with Crippen molar-refractivity contribution >= 4 is 17.2 Å². The summed E-state index contributed by atoms with van der Waals surface area (Å²) in [5, 5.41) is 8.45. The first-order chi connectivity index (χ1) is 9.76. The van der Waals surface area contributed by atoms with E-state index in [9.17, 15) is 4.79 Å². The fraction of sp³-hybridized carbons (Fsp3) is 0.562. The van der Waals surface area contributed by atoms with Gasteiger partial charge in [0.05, 0.1) is 0 Å². The number of carbonyl (C=O) groups is 1. The summed E-state index contributed by atoms with van der Waals surface area (Å²) in [7, 11) is 1.86. The van der Waals surface area contributed by atoms with Gasteiger partial charge in [0.15, 0.2) is 0 Å². The molecule has 0 saturated carbocycles. The number of hydrogen-bond acceptors (Lipinski definition) is 3. The Bertz CT molecular complexity index is 457. The lowest BCUT2D eigenvalue weighted by molar-refractivity contribution is -0.123. The monoisotopic (exact) mass is 292 g/mol. The molecule has 1 aromatic rings. The molecule has 1 atom stereocenters. The van der Waals surface area contributed by atoms with Crippen LogP contribution in [0.2, 0.25) is 0 Å². The minimum Gasteiger partial charge on any atom is -0.352 e. The predicted molar refractivity (Wildman–Crippen MR) is 85.0 cm³/mol. The fourth-order valence-electron chi connectivity index (χ4n) is 2.68. The molecule has 4 heteroatoms. The van der Waals surface area contributed by atoms with E-state index in [-0.39, 0.29) is 11.9 Å². The highest BCUT2D eigenvalue weighted by Crippen LogP contribution is 2.25. The zero-order valence-corrected chi connectivity index (χ0v) is 13.1. The molecule has 1 aromatic heterocycles. The minimum absolute atomic E-state index is 0.108. The van der Waals surface area contributed by atoms with Crippen molar-refractivity contribution in [1.29, 1.82) is 0 Å². The molecule has 0 fully saturated rings. The van der Waals surface area contributed by atoms with Crippen LogP contribution in [0, 0.1) is 0 Å². The molecule has 1 amide bonds. The van der Waals surface area contributed by atoms with Crippen LogP contribution in [0.1, 0.15) is 49.1 Å². The summed E-state index contributed by atoms with van der Waals surface area (Å²) in [6.07, 6.45) is 9.63. The van der Waals surface area contributed by atoms with Gasteiger partial charge in [0.1, 0.15) is 6.04 Å². The van der Waals surface area contributed by atoms with Gasteiger partial charge >= 0.3 is 0 Å². The molecule has 0 aliphatic heterocycles. The third kappa shape index (κ3) is 3.70. The number of allylic oxidation sites excluding steroid dienone is 2. The molecule has 1 aliphatic carbocycles. The van der Waals surface area contributed by atoms with Gasteiger partial charge in [-0.15, -0.1) is 11.3 Å². The molecule has 1 unspecified atom stereocenters. The average Bonchev–Trinajstić information content (AvgIpc) is 2.76. The van der Waals surface area contributed by atoms with E-state index in [4.69, 9.17) is 0 Å². The molecular weight excluding hydrogens is 268 g/mol. The quantitative estimate of drug-likeness (QED) is 0.818. The van der Waals surface area contributed by atoms with E-state index in [2.05, 4.69) is 41.2 Å². The molecule has 110 valence electrons. The highest BCUT2D eigenvalue weighted by molar-refractivity contribution is 7.10. The number of thiophene rings is 1. The molecular formula is C16H24N2OS. The van der Waals surface area contributed by atoms with Crippen LogP contribution in [0.15, 0.2) is 23.6 Å². The summed E-state index contributed by atoms with van der Waals surface area (Å²) >= 11 is 1.67. The highest BCUT2D eigenvalue weighted by Gasteiger charge is 2.24. The lowest BCUT2D eigenvalue weighted by Crippen LogP contribution is -2.41. The largest absolute Gasteiger partial charge is 0.352 e. The van der Waals surface area contributed by atoms with E-state index in [1.54, 1.807) is 11.3 Å². The Morgan fingerprint density at radius 2 is 2.10 bits per heavy atom. The molecule has 0 spiro atoms. The van der Waals surface area contributed by atoms with Crippen LogP contribution in [-0.2, 0) is 11.2 Å². The smallest absolute Gasteiger partial charge is 0.242 e. The van der Waals surface area contributed by atoms with Gasteiger partial charge in [-0.05, 0) is 56.2 Å². The van der Waals surface area contributed by atoms with Crippen LogP contribution in [0.3, 0.4) is 0 Å². The molecule has 3 nitrogen and oxygen atoms in total. The maximum atomic E-state index is 12.5. The van der Waals surface area contributed by atoms with Crippen molar-refractivity contribution in [2.75, 3.05) is 7.05 Å². The summed E-state index contributed by atoms with van der Waals surface area (Å²) < 4.78 is 0. The molecule has 1 aliphatic rings. The summed E-state index contributed by atoms with van der Waals surface area (Å²) in [5.41, 5.74) is 1.27. The van der Waals surface area contributed by atoms with E-state index < -0.39 is 0 Å². The zero-order valence-electron chi connectivity index (χ0n) is 12.3. The number of hydrogen-bond donors (Lipinski definition) is 2. The average molecular weight is 292 g/mol. The van der Waals surface area contributed by atoms with Crippen molar-refractivity contribution in [2.45, 2.75) is 51.1 Å². The molecule has 2 N–H and O–H groups in total. The van der Waals surface area contributed by atoms with Crippen molar-refractivity contribution < 1.29 is 4.79 Å². The third-order valence-corrected chi connectivity index (χ3v) is 4.88. The third-order valence-electron chi connectivity index (χ3n) is 3.85. The predicted octanol–water partition coefficient (Wildman–Crippen LogP) is 3.19. The molecule has 0 bridgehead atoms. The maximum absolute atomic E-state index is 12.5. The zero-order chi connectivity index (χ0) is 14.4. The Balaban J connectivity index is 2.02. The van der Waals surface area contributed by atoms with Gasteiger partial charge in [0.25, 0.3) is 0 Å². The van der Waals surface area contributed by atoms with E-state index in [0.29, 0.717) is 6.04 Å². The molecule has 0 aromatic carbocycles. The molecule has 1 heterocycles.